The fraction of sp³-hybridized carbons (Fsp3) is 0.333. The average molecular weight is 373 g/mol. The molecule has 1 heterocycles. The Morgan fingerprint density at radius 3 is 2.48 bits per heavy atom. The minimum absolute atomic E-state index is 0.162. The monoisotopic (exact) mass is 373 g/mol. The number of nitrogens with one attached hydrogen (secondary N) is 1. The number of alkyl halides is 3. The van der Waals surface area contributed by atoms with Crippen LogP contribution in [0.2, 0.25) is 0 Å². The number of anilines is 1. The third-order valence-corrected chi connectivity index (χ3v) is 3.96. The smallest absolute Gasteiger partial charge is 0.416 e. The highest BCUT2D eigenvalue weighted by atomic mass is 32.1. The number of esters is 1. The molecule has 2 rings (SSSR count). The summed E-state index contributed by atoms with van der Waals surface area (Å²) in [6, 6.07) is 3.95. The van der Waals surface area contributed by atoms with Crippen LogP contribution in [0.4, 0.5) is 18.9 Å². The summed E-state index contributed by atoms with van der Waals surface area (Å²) in [5.41, 5.74) is -0.185. The molecule has 1 atom stereocenters. The van der Waals surface area contributed by atoms with E-state index in [-0.39, 0.29) is 10.6 Å². The van der Waals surface area contributed by atoms with Gasteiger partial charge in [0.25, 0.3) is 5.91 Å². The number of nitrogens with zero attached hydrogens (tertiary/aromatic N) is 2. The van der Waals surface area contributed by atoms with Gasteiger partial charge in [-0.2, -0.15) is 13.2 Å². The maximum atomic E-state index is 12.5. The van der Waals surface area contributed by atoms with Gasteiger partial charge in [-0.3, -0.25) is 4.79 Å². The molecule has 10 heteroatoms. The predicted molar refractivity (Wildman–Crippen MR) is 84.2 cm³/mol. The number of benzene rings is 1. The highest BCUT2D eigenvalue weighted by Gasteiger charge is 2.30. The predicted octanol–water partition coefficient (Wildman–Crippen LogP) is 3.30. The van der Waals surface area contributed by atoms with E-state index in [1.165, 1.54) is 6.92 Å². The molecular weight excluding hydrogens is 359 g/mol. The molecule has 25 heavy (non-hydrogen) atoms. The number of ether oxygens (including phenoxy) is 1. The maximum absolute atomic E-state index is 12.5. The van der Waals surface area contributed by atoms with Gasteiger partial charge in [0, 0.05) is 5.69 Å². The molecule has 2 aromatic rings. The van der Waals surface area contributed by atoms with Crippen molar-refractivity contribution in [1.29, 1.82) is 0 Å². The number of rotatable bonds is 5. The number of aromatic nitrogens is 2. The Bertz CT molecular complexity index is 759. The largest absolute Gasteiger partial charge is 0.448 e. The van der Waals surface area contributed by atoms with Crippen molar-refractivity contribution in [3.8, 4) is 0 Å². The second-order valence-electron chi connectivity index (χ2n) is 5.01. The zero-order chi connectivity index (χ0) is 18.6. The van der Waals surface area contributed by atoms with Crippen molar-refractivity contribution in [1.82, 2.24) is 9.59 Å². The molecule has 0 aliphatic heterocycles. The molecule has 0 unspecified atom stereocenters. The Morgan fingerprint density at radius 2 is 1.92 bits per heavy atom. The molecule has 6 nitrogen and oxygen atoms in total. The van der Waals surface area contributed by atoms with Gasteiger partial charge in [-0.15, -0.1) is 5.10 Å². The van der Waals surface area contributed by atoms with Gasteiger partial charge in [0.2, 0.25) is 0 Å². The molecule has 1 aromatic heterocycles. The van der Waals surface area contributed by atoms with Crippen LogP contribution in [0.3, 0.4) is 0 Å². The Kier molecular flexibility index (Phi) is 5.73. The first-order valence-electron chi connectivity index (χ1n) is 7.22. The van der Waals surface area contributed by atoms with E-state index in [0.29, 0.717) is 12.1 Å². The van der Waals surface area contributed by atoms with E-state index in [2.05, 4.69) is 14.9 Å². The van der Waals surface area contributed by atoms with Crippen molar-refractivity contribution in [3.05, 3.63) is 40.4 Å². The first kappa shape index (κ1) is 18.8. The minimum Gasteiger partial charge on any atom is -0.448 e. The van der Waals surface area contributed by atoms with E-state index < -0.39 is 29.7 Å². The van der Waals surface area contributed by atoms with Crippen LogP contribution in [0.25, 0.3) is 0 Å². The van der Waals surface area contributed by atoms with Crippen LogP contribution in [-0.2, 0) is 22.1 Å². The topological polar surface area (TPSA) is 81.2 Å². The molecular formula is C15H14F3N3O3S. The van der Waals surface area contributed by atoms with E-state index in [1.807, 2.05) is 0 Å². The third-order valence-electron chi connectivity index (χ3n) is 3.21. The minimum atomic E-state index is -4.45. The van der Waals surface area contributed by atoms with E-state index in [1.54, 1.807) is 6.92 Å². The van der Waals surface area contributed by atoms with E-state index >= 15 is 0 Å². The summed E-state index contributed by atoms with van der Waals surface area (Å²) in [5, 5.41) is 6.17. The van der Waals surface area contributed by atoms with Crippen LogP contribution in [-0.4, -0.2) is 27.6 Å². The number of hydrogen-bond acceptors (Lipinski definition) is 6. The van der Waals surface area contributed by atoms with Crippen LogP contribution in [0, 0.1) is 0 Å². The number of hydrogen-bond donors (Lipinski definition) is 1. The zero-order valence-corrected chi connectivity index (χ0v) is 14.1. The van der Waals surface area contributed by atoms with Gasteiger partial charge in [-0.25, -0.2) is 4.79 Å². The Hall–Kier alpha value is -2.49. The molecule has 0 radical (unpaired) electrons. The lowest BCUT2D eigenvalue weighted by Gasteiger charge is -2.13. The normalized spacial score (nSPS) is 12.5. The second kappa shape index (κ2) is 7.60. The molecule has 1 aromatic carbocycles. The van der Waals surface area contributed by atoms with Gasteiger partial charge < -0.3 is 10.1 Å². The molecule has 0 saturated carbocycles. The summed E-state index contributed by atoms with van der Waals surface area (Å²) in [7, 11) is 0. The summed E-state index contributed by atoms with van der Waals surface area (Å²) < 4.78 is 46.2. The summed E-state index contributed by atoms with van der Waals surface area (Å²) in [6.45, 7) is 3.16. The van der Waals surface area contributed by atoms with Crippen molar-refractivity contribution in [3.63, 3.8) is 0 Å². The molecule has 0 aliphatic carbocycles. The molecule has 0 aliphatic rings. The molecule has 134 valence electrons. The quantitative estimate of drug-likeness (QED) is 0.814. The molecule has 0 bridgehead atoms. The van der Waals surface area contributed by atoms with Crippen molar-refractivity contribution in [2.45, 2.75) is 32.5 Å². The SMILES string of the molecule is CCc1nnsc1C(=O)O[C@@H](C)C(=O)Nc1ccc(C(F)(F)F)cc1. The van der Waals surface area contributed by atoms with Crippen LogP contribution >= 0.6 is 11.5 Å². The van der Waals surface area contributed by atoms with Gasteiger partial charge in [-0.05, 0) is 49.1 Å². The molecule has 1 amide bonds. The summed E-state index contributed by atoms with van der Waals surface area (Å²) in [6.07, 6.45) is -5.10. The standard InChI is InChI=1S/C15H14F3N3O3S/c1-3-11-12(25-21-20-11)14(23)24-8(2)13(22)19-10-6-4-9(5-7-10)15(16,17)18/h4-8H,3H2,1-2H3,(H,19,22)/t8-/m0/s1. The Labute approximate surface area is 145 Å². The average Bonchev–Trinajstić information content (AvgIpc) is 3.03. The summed E-state index contributed by atoms with van der Waals surface area (Å²) in [5.74, 6) is -1.38. The third kappa shape index (κ3) is 4.75. The van der Waals surface area contributed by atoms with Crippen molar-refractivity contribution in [2.75, 3.05) is 5.32 Å². The molecule has 0 spiro atoms. The van der Waals surface area contributed by atoms with Crippen molar-refractivity contribution >= 4 is 29.1 Å². The van der Waals surface area contributed by atoms with Crippen LogP contribution in [0.15, 0.2) is 24.3 Å². The van der Waals surface area contributed by atoms with E-state index in [4.69, 9.17) is 4.74 Å². The van der Waals surface area contributed by atoms with Gasteiger partial charge in [0.1, 0.15) is 0 Å². The molecule has 1 N–H and O–H groups in total. The number of carbonyl (C=O) groups is 2. The van der Waals surface area contributed by atoms with Crippen LogP contribution in [0.1, 0.15) is 34.8 Å². The number of carbonyl (C=O) groups excluding carboxylic acids is 2. The van der Waals surface area contributed by atoms with Gasteiger partial charge in [0.05, 0.1) is 11.3 Å². The number of halogens is 3. The van der Waals surface area contributed by atoms with Gasteiger partial charge in [0.15, 0.2) is 11.0 Å². The highest BCUT2D eigenvalue weighted by Crippen LogP contribution is 2.29. The summed E-state index contributed by atoms with van der Waals surface area (Å²) in [4.78, 5) is 24.2. The second-order valence-corrected chi connectivity index (χ2v) is 5.77. The van der Waals surface area contributed by atoms with Crippen molar-refractivity contribution < 1.29 is 27.5 Å². The Balaban J connectivity index is 1.97. The fourth-order valence-electron chi connectivity index (χ4n) is 1.85. The fourth-order valence-corrected chi connectivity index (χ4v) is 2.48. The molecule has 0 fully saturated rings. The first-order chi connectivity index (χ1) is 11.7. The van der Waals surface area contributed by atoms with Gasteiger partial charge >= 0.3 is 12.1 Å². The number of amides is 1. The lowest BCUT2D eigenvalue weighted by atomic mass is 10.2. The lowest BCUT2D eigenvalue weighted by Crippen LogP contribution is -2.30. The van der Waals surface area contributed by atoms with E-state index in [0.717, 1.165) is 35.8 Å². The number of aryl methyl sites for hydroxylation is 1. The maximum Gasteiger partial charge on any atom is 0.416 e. The molecule has 0 saturated heterocycles. The van der Waals surface area contributed by atoms with Crippen LogP contribution < -0.4 is 5.32 Å². The highest BCUT2D eigenvalue weighted by molar-refractivity contribution is 7.07. The van der Waals surface area contributed by atoms with Gasteiger partial charge in [-0.1, -0.05) is 11.4 Å². The summed E-state index contributed by atoms with van der Waals surface area (Å²) >= 11 is 0.870. The van der Waals surface area contributed by atoms with Crippen molar-refractivity contribution in [2.24, 2.45) is 0 Å². The van der Waals surface area contributed by atoms with E-state index in [9.17, 15) is 22.8 Å². The first-order valence-corrected chi connectivity index (χ1v) is 8.00. The Morgan fingerprint density at radius 1 is 1.28 bits per heavy atom. The van der Waals surface area contributed by atoms with Crippen LogP contribution in [0.5, 0.6) is 0 Å². The lowest BCUT2D eigenvalue weighted by molar-refractivity contribution is -0.137. The zero-order valence-electron chi connectivity index (χ0n) is 13.3.